The molecule has 1 aromatic carbocycles. The standard InChI is InChI=1S/C12H15NO/c1-2-3-4-7-10-13-11-8-5-6-9-12(11)14/h2-9,13-14H,10H2,1H3/b3-2+,7-4+. The molecule has 2 heteroatoms. The molecular weight excluding hydrogens is 174 g/mol. The lowest BCUT2D eigenvalue weighted by molar-refractivity contribution is 0.477. The Labute approximate surface area is 84.6 Å². The number of rotatable bonds is 4. The van der Waals surface area contributed by atoms with E-state index in [1.54, 1.807) is 12.1 Å². The Morgan fingerprint density at radius 2 is 2.07 bits per heavy atom. The first-order chi connectivity index (χ1) is 6.84. The summed E-state index contributed by atoms with van der Waals surface area (Å²) in [5, 5.41) is 12.5. The molecule has 0 bridgehead atoms. The maximum absolute atomic E-state index is 9.41. The second kappa shape index (κ2) is 5.86. The van der Waals surface area contributed by atoms with Crippen molar-refractivity contribution in [1.82, 2.24) is 0 Å². The molecule has 0 fully saturated rings. The summed E-state index contributed by atoms with van der Waals surface area (Å²) >= 11 is 0. The van der Waals surface area contributed by atoms with Gasteiger partial charge in [0.25, 0.3) is 0 Å². The molecule has 14 heavy (non-hydrogen) atoms. The molecule has 0 aliphatic heterocycles. The number of nitrogens with one attached hydrogen (secondary N) is 1. The average molecular weight is 189 g/mol. The van der Waals surface area contributed by atoms with Crippen molar-refractivity contribution >= 4 is 5.69 Å². The molecule has 0 aromatic heterocycles. The normalized spacial score (nSPS) is 11.2. The second-order valence-electron chi connectivity index (χ2n) is 2.85. The van der Waals surface area contributed by atoms with Crippen molar-refractivity contribution in [2.75, 3.05) is 11.9 Å². The zero-order valence-electron chi connectivity index (χ0n) is 8.27. The van der Waals surface area contributed by atoms with Crippen molar-refractivity contribution in [2.24, 2.45) is 0 Å². The maximum Gasteiger partial charge on any atom is 0.138 e. The molecule has 2 nitrogen and oxygen atoms in total. The van der Waals surface area contributed by atoms with Crippen LogP contribution in [0.2, 0.25) is 0 Å². The highest BCUT2D eigenvalue weighted by Crippen LogP contribution is 2.20. The second-order valence-corrected chi connectivity index (χ2v) is 2.85. The highest BCUT2D eigenvalue weighted by molar-refractivity contribution is 5.55. The fourth-order valence-electron chi connectivity index (χ4n) is 1.05. The van der Waals surface area contributed by atoms with Crippen LogP contribution in [0.15, 0.2) is 48.6 Å². The minimum absolute atomic E-state index is 0.284. The molecule has 2 N–H and O–H groups in total. The van der Waals surface area contributed by atoms with E-state index >= 15 is 0 Å². The summed E-state index contributed by atoms with van der Waals surface area (Å²) in [7, 11) is 0. The van der Waals surface area contributed by atoms with E-state index in [1.807, 2.05) is 43.4 Å². The Morgan fingerprint density at radius 3 is 2.79 bits per heavy atom. The predicted molar refractivity (Wildman–Crippen MR) is 60.6 cm³/mol. The molecule has 0 saturated heterocycles. The number of para-hydroxylation sites is 2. The van der Waals surface area contributed by atoms with Crippen LogP contribution in [0.5, 0.6) is 5.75 Å². The van der Waals surface area contributed by atoms with E-state index in [4.69, 9.17) is 0 Å². The lowest BCUT2D eigenvalue weighted by atomic mass is 10.3. The Balaban J connectivity index is 2.42. The van der Waals surface area contributed by atoms with Gasteiger partial charge < -0.3 is 10.4 Å². The third-order valence-corrected chi connectivity index (χ3v) is 1.75. The van der Waals surface area contributed by atoms with Crippen molar-refractivity contribution < 1.29 is 5.11 Å². The molecular formula is C12H15NO. The summed E-state index contributed by atoms with van der Waals surface area (Å²) in [5.41, 5.74) is 0.762. The Morgan fingerprint density at radius 1 is 1.29 bits per heavy atom. The van der Waals surface area contributed by atoms with Gasteiger partial charge in [0.2, 0.25) is 0 Å². The SMILES string of the molecule is C/C=C/C=C/CNc1ccccc1O. The molecule has 0 saturated carbocycles. The van der Waals surface area contributed by atoms with Gasteiger partial charge in [0.1, 0.15) is 5.75 Å². The monoisotopic (exact) mass is 189 g/mol. The van der Waals surface area contributed by atoms with Crippen molar-refractivity contribution in [2.45, 2.75) is 6.92 Å². The quantitative estimate of drug-likeness (QED) is 0.563. The van der Waals surface area contributed by atoms with E-state index < -0.39 is 0 Å². The molecule has 0 spiro atoms. The molecule has 0 heterocycles. The number of hydrogen-bond donors (Lipinski definition) is 2. The first-order valence-corrected chi connectivity index (χ1v) is 4.64. The van der Waals surface area contributed by atoms with Gasteiger partial charge >= 0.3 is 0 Å². The Bertz CT molecular complexity index is 329. The lowest BCUT2D eigenvalue weighted by Crippen LogP contribution is -1.97. The van der Waals surface area contributed by atoms with Gasteiger partial charge in [-0.15, -0.1) is 0 Å². The van der Waals surface area contributed by atoms with Crippen LogP contribution in [0, 0.1) is 0 Å². The van der Waals surface area contributed by atoms with E-state index in [9.17, 15) is 5.11 Å². The summed E-state index contributed by atoms with van der Waals surface area (Å²) in [6.07, 6.45) is 7.89. The zero-order chi connectivity index (χ0) is 10.2. The van der Waals surface area contributed by atoms with Gasteiger partial charge in [-0.3, -0.25) is 0 Å². The van der Waals surface area contributed by atoms with E-state index in [0.717, 1.165) is 5.69 Å². The highest BCUT2D eigenvalue weighted by Gasteiger charge is 1.94. The first-order valence-electron chi connectivity index (χ1n) is 4.64. The summed E-state index contributed by atoms with van der Waals surface area (Å²) < 4.78 is 0. The van der Waals surface area contributed by atoms with Crippen molar-refractivity contribution in [3.05, 3.63) is 48.6 Å². The van der Waals surface area contributed by atoms with E-state index in [0.29, 0.717) is 6.54 Å². The van der Waals surface area contributed by atoms with Gasteiger partial charge in [-0.05, 0) is 19.1 Å². The van der Waals surface area contributed by atoms with Crippen LogP contribution in [0.25, 0.3) is 0 Å². The van der Waals surface area contributed by atoms with Crippen LogP contribution < -0.4 is 5.32 Å². The largest absolute Gasteiger partial charge is 0.506 e. The van der Waals surface area contributed by atoms with Crippen LogP contribution in [0.4, 0.5) is 5.69 Å². The van der Waals surface area contributed by atoms with Gasteiger partial charge in [-0.1, -0.05) is 36.4 Å². The van der Waals surface area contributed by atoms with Gasteiger partial charge in [0, 0.05) is 6.54 Å². The highest BCUT2D eigenvalue weighted by atomic mass is 16.3. The molecule has 0 aliphatic rings. The molecule has 1 rings (SSSR count). The lowest BCUT2D eigenvalue weighted by Gasteiger charge is -2.04. The van der Waals surface area contributed by atoms with Gasteiger partial charge in [0.15, 0.2) is 0 Å². The third kappa shape index (κ3) is 3.35. The molecule has 0 aliphatic carbocycles. The Hall–Kier alpha value is -1.70. The number of hydrogen-bond acceptors (Lipinski definition) is 2. The third-order valence-electron chi connectivity index (χ3n) is 1.75. The maximum atomic E-state index is 9.41. The summed E-state index contributed by atoms with van der Waals surface area (Å²) in [4.78, 5) is 0. The topological polar surface area (TPSA) is 32.3 Å². The number of allylic oxidation sites excluding steroid dienone is 3. The average Bonchev–Trinajstić information content (AvgIpc) is 2.20. The van der Waals surface area contributed by atoms with Crippen LogP contribution in [-0.2, 0) is 0 Å². The van der Waals surface area contributed by atoms with Gasteiger partial charge in [-0.25, -0.2) is 0 Å². The van der Waals surface area contributed by atoms with Crippen molar-refractivity contribution in [1.29, 1.82) is 0 Å². The van der Waals surface area contributed by atoms with Crippen molar-refractivity contribution in [3.63, 3.8) is 0 Å². The molecule has 1 aromatic rings. The zero-order valence-corrected chi connectivity index (χ0v) is 8.27. The molecule has 0 radical (unpaired) electrons. The summed E-state index contributed by atoms with van der Waals surface area (Å²) in [6, 6.07) is 7.20. The number of benzene rings is 1. The molecule has 74 valence electrons. The van der Waals surface area contributed by atoms with Crippen LogP contribution >= 0.6 is 0 Å². The minimum Gasteiger partial charge on any atom is -0.506 e. The van der Waals surface area contributed by atoms with E-state index in [-0.39, 0.29) is 5.75 Å². The number of aromatic hydroxyl groups is 1. The van der Waals surface area contributed by atoms with E-state index in [1.165, 1.54) is 0 Å². The fourth-order valence-corrected chi connectivity index (χ4v) is 1.05. The van der Waals surface area contributed by atoms with Crippen LogP contribution in [0.3, 0.4) is 0 Å². The fraction of sp³-hybridized carbons (Fsp3) is 0.167. The predicted octanol–water partition coefficient (Wildman–Crippen LogP) is 2.94. The van der Waals surface area contributed by atoms with Crippen LogP contribution in [0.1, 0.15) is 6.92 Å². The molecule has 0 unspecified atom stereocenters. The van der Waals surface area contributed by atoms with E-state index in [2.05, 4.69) is 5.32 Å². The number of anilines is 1. The minimum atomic E-state index is 0.284. The first kappa shape index (κ1) is 10.4. The Kier molecular flexibility index (Phi) is 4.35. The van der Waals surface area contributed by atoms with Crippen LogP contribution in [-0.4, -0.2) is 11.7 Å². The smallest absolute Gasteiger partial charge is 0.138 e. The summed E-state index contributed by atoms with van der Waals surface area (Å²) in [6.45, 7) is 2.68. The van der Waals surface area contributed by atoms with Gasteiger partial charge in [-0.2, -0.15) is 0 Å². The summed E-state index contributed by atoms with van der Waals surface area (Å²) in [5.74, 6) is 0.284. The van der Waals surface area contributed by atoms with Crippen molar-refractivity contribution in [3.8, 4) is 5.75 Å². The van der Waals surface area contributed by atoms with Gasteiger partial charge in [0.05, 0.1) is 5.69 Å². The number of phenols is 1. The molecule has 0 atom stereocenters. The number of phenolic OH excluding ortho intramolecular Hbond substituents is 1. The molecule has 0 amide bonds.